The van der Waals surface area contributed by atoms with E-state index in [4.69, 9.17) is 4.74 Å². The van der Waals surface area contributed by atoms with Crippen LogP contribution in [0, 0.1) is 0 Å². The Balaban J connectivity index is 1.66. The van der Waals surface area contributed by atoms with E-state index in [0.29, 0.717) is 30.9 Å². The van der Waals surface area contributed by atoms with Gasteiger partial charge in [0.05, 0.1) is 11.5 Å². The van der Waals surface area contributed by atoms with Gasteiger partial charge in [-0.3, -0.25) is 9.52 Å². The Morgan fingerprint density at radius 1 is 0.875 bits per heavy atom. The molecule has 1 N–H and O–H groups in total. The highest BCUT2D eigenvalue weighted by Gasteiger charge is 2.18. The molecule has 0 aliphatic rings. The number of hydrogen-bond acceptors (Lipinski definition) is 4. The Kier molecular flexibility index (Phi) is 8.41. The minimum absolute atomic E-state index is 0.102. The summed E-state index contributed by atoms with van der Waals surface area (Å²) in [4.78, 5) is 14.9. The van der Waals surface area contributed by atoms with Crippen molar-refractivity contribution in [2.45, 2.75) is 17.7 Å². The normalized spacial score (nSPS) is 11.2. The molecule has 0 saturated heterocycles. The average molecular weight is 453 g/mol. The van der Waals surface area contributed by atoms with Gasteiger partial charge < -0.3 is 9.64 Å². The van der Waals surface area contributed by atoms with E-state index in [2.05, 4.69) is 16.9 Å². The lowest BCUT2D eigenvalue weighted by atomic mass is 10.1. The number of sulfonamides is 1. The van der Waals surface area contributed by atoms with Crippen LogP contribution >= 0.6 is 0 Å². The molecule has 0 bridgehead atoms. The van der Waals surface area contributed by atoms with E-state index in [1.54, 1.807) is 48.4 Å². The second-order valence-electron chi connectivity index (χ2n) is 7.37. The van der Waals surface area contributed by atoms with Crippen molar-refractivity contribution in [3.05, 3.63) is 96.1 Å². The first-order valence-corrected chi connectivity index (χ1v) is 12.0. The number of nitrogens with zero attached hydrogens (tertiary/aromatic N) is 1. The molecule has 0 fully saturated rings. The molecule has 7 heteroatoms. The SMILES string of the molecule is COCCN(CCCc1ccccc1)C(=O)c1ccc(S(=O)(=O)Nc2ccccc2)cc1. The van der Waals surface area contributed by atoms with Gasteiger partial charge in [-0.05, 0) is 54.8 Å². The molecule has 0 radical (unpaired) electrons. The van der Waals surface area contributed by atoms with Crippen molar-refractivity contribution in [1.29, 1.82) is 0 Å². The molecule has 168 valence electrons. The van der Waals surface area contributed by atoms with E-state index in [1.165, 1.54) is 17.7 Å². The molecular formula is C25H28N2O4S. The highest BCUT2D eigenvalue weighted by atomic mass is 32.2. The molecule has 0 unspecified atom stereocenters. The third-order valence-electron chi connectivity index (χ3n) is 5.03. The average Bonchev–Trinajstić information content (AvgIpc) is 2.82. The van der Waals surface area contributed by atoms with Crippen LogP contribution in [0.1, 0.15) is 22.3 Å². The standard InChI is InChI=1S/C25H28N2O4S/c1-31-20-19-27(18-8-11-21-9-4-2-5-10-21)25(28)22-14-16-24(17-15-22)32(29,30)26-23-12-6-3-7-13-23/h2-7,9-10,12-17,26H,8,11,18-20H2,1H3. The van der Waals surface area contributed by atoms with Gasteiger partial charge in [-0.1, -0.05) is 48.5 Å². The molecule has 0 atom stereocenters. The van der Waals surface area contributed by atoms with Crippen molar-refractivity contribution in [1.82, 2.24) is 4.90 Å². The van der Waals surface area contributed by atoms with Crippen LogP contribution in [0.2, 0.25) is 0 Å². The van der Waals surface area contributed by atoms with Crippen molar-refractivity contribution in [3.8, 4) is 0 Å². The van der Waals surface area contributed by atoms with Crippen LogP contribution in [0.5, 0.6) is 0 Å². The van der Waals surface area contributed by atoms with Gasteiger partial charge in [0.15, 0.2) is 0 Å². The quantitative estimate of drug-likeness (QED) is 0.473. The van der Waals surface area contributed by atoms with E-state index < -0.39 is 10.0 Å². The maximum absolute atomic E-state index is 13.1. The van der Waals surface area contributed by atoms with Gasteiger partial charge in [-0.15, -0.1) is 0 Å². The summed E-state index contributed by atoms with van der Waals surface area (Å²) >= 11 is 0. The Labute approximate surface area is 189 Å². The lowest BCUT2D eigenvalue weighted by Gasteiger charge is -2.22. The summed E-state index contributed by atoms with van der Waals surface area (Å²) in [5, 5.41) is 0. The fourth-order valence-electron chi connectivity index (χ4n) is 3.31. The summed E-state index contributed by atoms with van der Waals surface area (Å²) < 4.78 is 32.9. The molecular weight excluding hydrogens is 424 g/mol. The van der Waals surface area contributed by atoms with Crippen LogP contribution in [0.15, 0.2) is 89.8 Å². The monoisotopic (exact) mass is 452 g/mol. The van der Waals surface area contributed by atoms with Crippen molar-refractivity contribution >= 4 is 21.6 Å². The largest absolute Gasteiger partial charge is 0.383 e. The molecule has 0 aromatic heterocycles. The summed E-state index contributed by atoms with van der Waals surface area (Å²) in [6.07, 6.45) is 1.70. The molecule has 0 aliphatic carbocycles. The fourth-order valence-corrected chi connectivity index (χ4v) is 4.37. The van der Waals surface area contributed by atoms with Gasteiger partial charge in [0.1, 0.15) is 0 Å². The minimum Gasteiger partial charge on any atom is -0.383 e. The maximum Gasteiger partial charge on any atom is 0.261 e. The zero-order chi connectivity index (χ0) is 22.8. The van der Waals surface area contributed by atoms with Crippen LogP contribution in [0.25, 0.3) is 0 Å². The van der Waals surface area contributed by atoms with Gasteiger partial charge in [0.2, 0.25) is 0 Å². The Morgan fingerprint density at radius 3 is 2.12 bits per heavy atom. The molecule has 6 nitrogen and oxygen atoms in total. The molecule has 0 aliphatic heterocycles. The first-order chi connectivity index (χ1) is 15.5. The van der Waals surface area contributed by atoms with E-state index in [0.717, 1.165) is 12.8 Å². The highest BCUT2D eigenvalue weighted by molar-refractivity contribution is 7.92. The van der Waals surface area contributed by atoms with Crippen molar-refractivity contribution in [3.63, 3.8) is 0 Å². The zero-order valence-electron chi connectivity index (χ0n) is 18.1. The van der Waals surface area contributed by atoms with Crippen LogP contribution in [-0.4, -0.2) is 46.0 Å². The van der Waals surface area contributed by atoms with Crippen LogP contribution in [-0.2, 0) is 21.2 Å². The molecule has 3 rings (SSSR count). The third kappa shape index (κ3) is 6.67. The number of carbonyl (C=O) groups is 1. The first-order valence-electron chi connectivity index (χ1n) is 10.5. The van der Waals surface area contributed by atoms with Gasteiger partial charge in [-0.2, -0.15) is 0 Å². The number of amides is 1. The van der Waals surface area contributed by atoms with E-state index in [1.807, 2.05) is 24.3 Å². The van der Waals surface area contributed by atoms with E-state index in [-0.39, 0.29) is 10.8 Å². The lowest BCUT2D eigenvalue weighted by Crippen LogP contribution is -2.35. The number of hydrogen-bond donors (Lipinski definition) is 1. The topological polar surface area (TPSA) is 75.7 Å². The zero-order valence-corrected chi connectivity index (χ0v) is 18.9. The number of para-hydroxylation sites is 1. The number of aryl methyl sites for hydroxylation is 1. The Morgan fingerprint density at radius 2 is 1.50 bits per heavy atom. The van der Waals surface area contributed by atoms with Crippen molar-refractivity contribution in [2.75, 3.05) is 31.5 Å². The summed E-state index contributed by atoms with van der Waals surface area (Å²) in [5.74, 6) is -0.143. The smallest absolute Gasteiger partial charge is 0.261 e. The molecule has 0 saturated carbocycles. The second kappa shape index (κ2) is 11.5. The number of nitrogens with one attached hydrogen (secondary N) is 1. The van der Waals surface area contributed by atoms with Crippen LogP contribution in [0.3, 0.4) is 0 Å². The number of methoxy groups -OCH3 is 1. The second-order valence-corrected chi connectivity index (χ2v) is 9.05. The molecule has 0 spiro atoms. The molecule has 3 aromatic rings. The number of benzene rings is 3. The summed E-state index contributed by atoms with van der Waals surface area (Å²) in [5.41, 5.74) is 2.16. The molecule has 1 amide bonds. The summed E-state index contributed by atoms with van der Waals surface area (Å²) in [6, 6.07) is 24.8. The first kappa shape index (κ1) is 23.5. The van der Waals surface area contributed by atoms with Gasteiger partial charge >= 0.3 is 0 Å². The van der Waals surface area contributed by atoms with Gasteiger partial charge in [0.25, 0.3) is 15.9 Å². The number of rotatable bonds is 11. The Bertz CT molecular complexity index is 1090. The molecule has 32 heavy (non-hydrogen) atoms. The summed E-state index contributed by atoms with van der Waals surface area (Å²) in [7, 11) is -2.13. The van der Waals surface area contributed by atoms with Crippen LogP contribution < -0.4 is 4.72 Å². The van der Waals surface area contributed by atoms with E-state index >= 15 is 0 Å². The molecule has 3 aromatic carbocycles. The fraction of sp³-hybridized carbons (Fsp3) is 0.240. The van der Waals surface area contributed by atoms with Gasteiger partial charge in [0, 0.05) is 31.5 Å². The predicted octanol–water partition coefficient (Wildman–Crippen LogP) is 4.21. The third-order valence-corrected chi connectivity index (χ3v) is 6.42. The van der Waals surface area contributed by atoms with E-state index in [9.17, 15) is 13.2 Å². The van der Waals surface area contributed by atoms with Crippen molar-refractivity contribution < 1.29 is 17.9 Å². The van der Waals surface area contributed by atoms with Crippen LogP contribution in [0.4, 0.5) is 5.69 Å². The maximum atomic E-state index is 13.1. The summed E-state index contributed by atoms with van der Waals surface area (Å²) in [6.45, 7) is 1.50. The predicted molar refractivity (Wildman–Crippen MR) is 126 cm³/mol. The highest BCUT2D eigenvalue weighted by Crippen LogP contribution is 2.17. The molecule has 0 heterocycles. The van der Waals surface area contributed by atoms with Crippen molar-refractivity contribution in [2.24, 2.45) is 0 Å². The Hall–Kier alpha value is -3.16. The number of anilines is 1. The minimum atomic E-state index is -3.73. The number of ether oxygens (including phenoxy) is 1. The number of carbonyl (C=O) groups excluding carboxylic acids is 1. The van der Waals surface area contributed by atoms with Gasteiger partial charge in [-0.25, -0.2) is 8.42 Å². The lowest BCUT2D eigenvalue weighted by molar-refractivity contribution is 0.0693.